The minimum Gasteiger partial charge on any atom is -0.379 e. The molecular formula is C19H22FN3O2. The van der Waals surface area contributed by atoms with Gasteiger partial charge in [-0.2, -0.15) is 0 Å². The van der Waals surface area contributed by atoms with Crippen LogP contribution in [0.2, 0.25) is 0 Å². The molecule has 1 aromatic carbocycles. The lowest BCUT2D eigenvalue weighted by Gasteiger charge is -2.30. The van der Waals surface area contributed by atoms with Crippen LogP contribution in [0, 0.1) is 18.7 Å². The molecule has 4 rings (SSSR count). The number of hydrogen-bond acceptors (Lipinski definition) is 4. The van der Waals surface area contributed by atoms with E-state index < -0.39 is 0 Å². The number of rotatable bonds is 1. The quantitative estimate of drug-likeness (QED) is 0.795. The molecule has 0 N–H and O–H groups in total. The number of halogens is 1. The number of benzene rings is 1. The van der Waals surface area contributed by atoms with E-state index in [9.17, 15) is 9.18 Å². The van der Waals surface area contributed by atoms with Crippen LogP contribution in [0.5, 0.6) is 0 Å². The molecule has 2 saturated heterocycles. The summed E-state index contributed by atoms with van der Waals surface area (Å²) in [7, 11) is 2.09. The summed E-state index contributed by atoms with van der Waals surface area (Å²) in [5.74, 6) is -0.103. The second-order valence-electron chi connectivity index (χ2n) is 7.18. The average molecular weight is 343 g/mol. The molecule has 0 unspecified atom stereocenters. The number of likely N-dealkylation sites (N-methyl/N-ethyl adjacent to an activating group) is 1. The highest BCUT2D eigenvalue weighted by Crippen LogP contribution is 2.24. The van der Waals surface area contributed by atoms with E-state index in [0.717, 1.165) is 12.2 Å². The molecule has 0 aliphatic carbocycles. The van der Waals surface area contributed by atoms with Crippen molar-refractivity contribution in [1.82, 2.24) is 14.8 Å². The van der Waals surface area contributed by atoms with Gasteiger partial charge in [-0.3, -0.25) is 14.7 Å². The Hall–Kier alpha value is -2.05. The second kappa shape index (κ2) is 6.35. The summed E-state index contributed by atoms with van der Waals surface area (Å²) in [5, 5.41) is 0.578. The largest absolute Gasteiger partial charge is 0.379 e. The van der Waals surface area contributed by atoms with E-state index in [0.29, 0.717) is 48.7 Å². The summed E-state index contributed by atoms with van der Waals surface area (Å²) in [4.78, 5) is 21.9. The van der Waals surface area contributed by atoms with E-state index in [2.05, 4.69) is 16.9 Å². The maximum atomic E-state index is 13.8. The number of nitrogens with zero attached hydrogens (tertiary/aromatic N) is 3. The Balaban J connectivity index is 1.73. The van der Waals surface area contributed by atoms with Crippen molar-refractivity contribution < 1.29 is 13.9 Å². The highest BCUT2D eigenvalue weighted by atomic mass is 19.1. The predicted molar refractivity (Wildman–Crippen MR) is 93.1 cm³/mol. The van der Waals surface area contributed by atoms with Crippen molar-refractivity contribution in [3.05, 3.63) is 41.3 Å². The summed E-state index contributed by atoms with van der Waals surface area (Å²) in [6.45, 7) is 5.40. The lowest BCUT2D eigenvalue weighted by molar-refractivity contribution is 0.0435. The molecule has 2 aliphatic heterocycles. The number of aryl methyl sites for hydroxylation is 1. The Morgan fingerprint density at radius 2 is 2.08 bits per heavy atom. The molecule has 2 bridgehead atoms. The van der Waals surface area contributed by atoms with Gasteiger partial charge in [0.1, 0.15) is 5.82 Å². The van der Waals surface area contributed by atoms with Gasteiger partial charge in [-0.05, 0) is 38.2 Å². The van der Waals surface area contributed by atoms with Gasteiger partial charge in [-0.25, -0.2) is 4.39 Å². The molecule has 2 aliphatic rings. The van der Waals surface area contributed by atoms with E-state index in [4.69, 9.17) is 4.74 Å². The third-order valence-electron chi connectivity index (χ3n) is 5.16. The monoisotopic (exact) mass is 343 g/mol. The van der Waals surface area contributed by atoms with Gasteiger partial charge in [0.15, 0.2) is 0 Å². The number of fused-ring (bicyclic) bond motifs is 4. The fourth-order valence-corrected chi connectivity index (χ4v) is 3.89. The number of hydrogen-bond donors (Lipinski definition) is 0. The van der Waals surface area contributed by atoms with Crippen LogP contribution in [-0.2, 0) is 4.74 Å². The molecular weight excluding hydrogens is 321 g/mol. The Labute approximate surface area is 146 Å². The van der Waals surface area contributed by atoms with Gasteiger partial charge in [0.05, 0.1) is 30.3 Å². The first-order chi connectivity index (χ1) is 12.0. The van der Waals surface area contributed by atoms with Crippen molar-refractivity contribution in [3.8, 4) is 0 Å². The fourth-order valence-electron chi connectivity index (χ4n) is 3.89. The number of ether oxygens (including phenoxy) is 1. The number of pyridine rings is 1. The van der Waals surface area contributed by atoms with Crippen molar-refractivity contribution in [2.24, 2.45) is 5.92 Å². The molecule has 2 atom stereocenters. The molecule has 132 valence electrons. The highest BCUT2D eigenvalue weighted by molar-refractivity contribution is 6.06. The maximum absolute atomic E-state index is 13.8. The van der Waals surface area contributed by atoms with Crippen molar-refractivity contribution in [3.63, 3.8) is 0 Å². The van der Waals surface area contributed by atoms with E-state index in [1.54, 1.807) is 12.1 Å². The SMILES string of the molecule is Cc1cc(C(=O)N2C[C@@H]3COC[C@H](C2)N(C)C3)c2cc(F)ccc2n1. The lowest BCUT2D eigenvalue weighted by atomic mass is 10.0. The minimum absolute atomic E-state index is 0.0479. The van der Waals surface area contributed by atoms with Crippen LogP contribution in [0.25, 0.3) is 10.9 Å². The summed E-state index contributed by atoms with van der Waals surface area (Å²) < 4.78 is 19.5. The average Bonchev–Trinajstić information content (AvgIpc) is 2.82. The first-order valence-corrected chi connectivity index (χ1v) is 8.65. The molecule has 3 heterocycles. The van der Waals surface area contributed by atoms with Crippen LogP contribution in [0.4, 0.5) is 4.39 Å². The van der Waals surface area contributed by atoms with E-state index in [1.807, 2.05) is 11.8 Å². The molecule has 5 nitrogen and oxygen atoms in total. The van der Waals surface area contributed by atoms with Gasteiger partial charge in [0.2, 0.25) is 0 Å². The van der Waals surface area contributed by atoms with Gasteiger partial charge in [-0.1, -0.05) is 0 Å². The third-order valence-corrected chi connectivity index (χ3v) is 5.16. The molecule has 0 spiro atoms. The molecule has 1 aromatic heterocycles. The summed E-state index contributed by atoms with van der Waals surface area (Å²) in [6, 6.07) is 6.38. The van der Waals surface area contributed by atoms with Crippen LogP contribution < -0.4 is 0 Å². The molecule has 0 radical (unpaired) electrons. The van der Waals surface area contributed by atoms with Gasteiger partial charge < -0.3 is 9.64 Å². The smallest absolute Gasteiger partial charge is 0.254 e. The molecule has 0 saturated carbocycles. The number of amides is 1. The molecule has 1 amide bonds. The van der Waals surface area contributed by atoms with Gasteiger partial charge in [0.25, 0.3) is 5.91 Å². The summed E-state index contributed by atoms with van der Waals surface area (Å²) in [5.41, 5.74) is 1.95. The highest BCUT2D eigenvalue weighted by Gasteiger charge is 2.34. The Bertz CT molecular complexity index is 826. The van der Waals surface area contributed by atoms with Crippen molar-refractivity contribution in [2.45, 2.75) is 13.0 Å². The van der Waals surface area contributed by atoms with E-state index >= 15 is 0 Å². The zero-order valence-corrected chi connectivity index (χ0v) is 14.5. The van der Waals surface area contributed by atoms with E-state index in [1.165, 1.54) is 12.1 Å². The molecule has 2 aromatic rings. The number of carbonyl (C=O) groups is 1. The van der Waals surface area contributed by atoms with Gasteiger partial charge >= 0.3 is 0 Å². The molecule has 25 heavy (non-hydrogen) atoms. The zero-order valence-electron chi connectivity index (χ0n) is 14.5. The van der Waals surface area contributed by atoms with Crippen LogP contribution in [0.3, 0.4) is 0 Å². The maximum Gasteiger partial charge on any atom is 0.254 e. The number of carbonyl (C=O) groups excluding carboxylic acids is 1. The predicted octanol–water partition coefficient (Wildman–Crippen LogP) is 2.08. The zero-order chi connectivity index (χ0) is 17.6. The van der Waals surface area contributed by atoms with Crippen LogP contribution in [0.15, 0.2) is 24.3 Å². The topological polar surface area (TPSA) is 45.7 Å². The van der Waals surface area contributed by atoms with E-state index in [-0.39, 0.29) is 17.8 Å². The van der Waals surface area contributed by atoms with Crippen LogP contribution >= 0.6 is 0 Å². The van der Waals surface area contributed by atoms with Crippen LogP contribution in [0.1, 0.15) is 16.1 Å². The lowest BCUT2D eigenvalue weighted by Crippen LogP contribution is -2.44. The Morgan fingerprint density at radius 3 is 2.92 bits per heavy atom. The Kier molecular flexibility index (Phi) is 4.17. The van der Waals surface area contributed by atoms with Crippen molar-refractivity contribution in [2.75, 3.05) is 39.9 Å². The van der Waals surface area contributed by atoms with Gasteiger partial charge in [-0.15, -0.1) is 0 Å². The van der Waals surface area contributed by atoms with Crippen LogP contribution in [-0.4, -0.2) is 66.6 Å². The van der Waals surface area contributed by atoms with Crippen molar-refractivity contribution in [1.29, 1.82) is 0 Å². The first-order valence-electron chi connectivity index (χ1n) is 8.65. The third kappa shape index (κ3) is 3.12. The fraction of sp³-hybridized carbons (Fsp3) is 0.474. The second-order valence-corrected chi connectivity index (χ2v) is 7.18. The molecule has 2 fully saturated rings. The number of aromatic nitrogens is 1. The normalized spacial score (nSPS) is 24.4. The van der Waals surface area contributed by atoms with Gasteiger partial charge in [0, 0.05) is 36.6 Å². The first kappa shape index (κ1) is 16.4. The minimum atomic E-state index is -0.354. The summed E-state index contributed by atoms with van der Waals surface area (Å²) in [6.07, 6.45) is 0. The molecule has 6 heteroatoms. The van der Waals surface area contributed by atoms with Crippen molar-refractivity contribution >= 4 is 16.8 Å². The summed E-state index contributed by atoms with van der Waals surface area (Å²) >= 11 is 0. The Morgan fingerprint density at radius 1 is 1.24 bits per heavy atom. The standard InChI is InChI=1S/C19H22FN3O2/c1-12-5-17(16-6-14(20)3-4-18(16)21-12)19(24)23-8-13-7-22(2)15(9-23)11-25-10-13/h3-6,13,15H,7-11H2,1-2H3/t13-,15+/m1/s1.